The van der Waals surface area contributed by atoms with Gasteiger partial charge < -0.3 is 10.9 Å². The van der Waals surface area contributed by atoms with Crippen LogP contribution in [0, 0.1) is 5.41 Å². The van der Waals surface area contributed by atoms with Gasteiger partial charge in [0.25, 0.3) is 0 Å². The number of nitrogens with two attached hydrogens (primary N) is 1. The number of rotatable bonds is 3. The lowest BCUT2D eigenvalue weighted by Gasteiger charge is -2.38. The molecular weight excluding hydrogens is 230 g/mol. The van der Waals surface area contributed by atoms with E-state index in [0.717, 1.165) is 38.2 Å². The molecule has 1 aromatic rings. The maximum atomic E-state index is 8.79. The zero-order valence-corrected chi connectivity index (χ0v) is 11.0. The van der Waals surface area contributed by atoms with Crippen molar-refractivity contribution in [1.82, 2.24) is 14.7 Å². The molecule has 0 unspecified atom stereocenters. The van der Waals surface area contributed by atoms with Gasteiger partial charge >= 0.3 is 0 Å². The number of hydrogen-bond donors (Lipinski definition) is 2. The fourth-order valence-electron chi connectivity index (χ4n) is 2.36. The largest absolute Gasteiger partial charge is 0.409 e. The number of aromatic nitrogens is 2. The van der Waals surface area contributed by atoms with Gasteiger partial charge in [-0.25, -0.2) is 0 Å². The Kier molecular flexibility index (Phi) is 3.56. The lowest BCUT2D eigenvalue weighted by Crippen LogP contribution is -2.45. The highest BCUT2D eigenvalue weighted by molar-refractivity contribution is 5.85. The number of oxime groups is 1. The van der Waals surface area contributed by atoms with Gasteiger partial charge in [0.05, 0.1) is 5.69 Å². The summed E-state index contributed by atoms with van der Waals surface area (Å²) in [6.45, 7) is 4.82. The first-order chi connectivity index (χ1) is 8.53. The highest BCUT2D eigenvalue weighted by Crippen LogP contribution is 2.31. The fourth-order valence-corrected chi connectivity index (χ4v) is 2.36. The van der Waals surface area contributed by atoms with E-state index in [1.54, 1.807) is 0 Å². The quantitative estimate of drug-likeness (QED) is 0.360. The molecule has 1 aliphatic rings. The first-order valence-corrected chi connectivity index (χ1v) is 6.22. The van der Waals surface area contributed by atoms with Gasteiger partial charge in [0.1, 0.15) is 5.84 Å². The van der Waals surface area contributed by atoms with Crippen LogP contribution < -0.4 is 5.73 Å². The van der Waals surface area contributed by atoms with Gasteiger partial charge in [0.15, 0.2) is 0 Å². The Hall–Kier alpha value is -1.56. The third kappa shape index (κ3) is 2.64. The summed E-state index contributed by atoms with van der Waals surface area (Å²) in [5, 5.41) is 16.3. The topological polar surface area (TPSA) is 79.7 Å². The van der Waals surface area contributed by atoms with Crippen molar-refractivity contribution >= 4 is 5.84 Å². The highest BCUT2D eigenvalue weighted by atomic mass is 16.4. The average molecular weight is 251 g/mol. The second kappa shape index (κ2) is 4.97. The molecule has 2 rings (SSSR count). The van der Waals surface area contributed by atoms with Crippen LogP contribution in [-0.4, -0.2) is 38.8 Å². The Morgan fingerprint density at radius 3 is 2.72 bits per heavy atom. The predicted octanol–water partition coefficient (Wildman–Crippen LogP) is 0.769. The van der Waals surface area contributed by atoms with Crippen molar-refractivity contribution in [1.29, 1.82) is 0 Å². The minimum absolute atomic E-state index is 0.171. The van der Waals surface area contributed by atoms with Crippen LogP contribution >= 0.6 is 0 Å². The molecule has 0 bridgehead atoms. The van der Waals surface area contributed by atoms with E-state index in [2.05, 4.69) is 22.1 Å². The van der Waals surface area contributed by atoms with E-state index in [1.165, 1.54) is 0 Å². The van der Waals surface area contributed by atoms with E-state index in [0.29, 0.717) is 5.84 Å². The number of piperidine rings is 1. The molecule has 1 aromatic heterocycles. The van der Waals surface area contributed by atoms with Gasteiger partial charge in [0.2, 0.25) is 0 Å². The molecule has 1 fully saturated rings. The van der Waals surface area contributed by atoms with E-state index in [4.69, 9.17) is 10.9 Å². The number of likely N-dealkylation sites (tertiary alicyclic amines) is 1. The van der Waals surface area contributed by atoms with Crippen LogP contribution in [0.15, 0.2) is 17.4 Å². The molecule has 2 heterocycles. The number of aryl methyl sites for hydroxylation is 1. The SMILES string of the molecule is Cn1ccc(CN2CCC(C)(/C(N)=N/O)CC2)n1. The Morgan fingerprint density at radius 1 is 1.56 bits per heavy atom. The van der Waals surface area contributed by atoms with Crippen molar-refractivity contribution < 1.29 is 5.21 Å². The molecule has 6 nitrogen and oxygen atoms in total. The van der Waals surface area contributed by atoms with E-state index in [9.17, 15) is 0 Å². The highest BCUT2D eigenvalue weighted by Gasteiger charge is 2.34. The van der Waals surface area contributed by atoms with E-state index >= 15 is 0 Å². The fraction of sp³-hybridized carbons (Fsp3) is 0.667. The normalized spacial score (nSPS) is 21.1. The Balaban J connectivity index is 1.91. The van der Waals surface area contributed by atoms with Crippen LogP contribution in [0.5, 0.6) is 0 Å². The minimum Gasteiger partial charge on any atom is -0.409 e. The molecule has 1 aliphatic heterocycles. The molecule has 100 valence electrons. The summed E-state index contributed by atoms with van der Waals surface area (Å²) in [4.78, 5) is 2.36. The van der Waals surface area contributed by atoms with Crippen LogP contribution in [0.25, 0.3) is 0 Å². The van der Waals surface area contributed by atoms with E-state index in [1.807, 2.05) is 24.0 Å². The smallest absolute Gasteiger partial charge is 0.145 e. The van der Waals surface area contributed by atoms with Crippen molar-refractivity contribution in [2.24, 2.45) is 23.4 Å². The summed E-state index contributed by atoms with van der Waals surface area (Å²) in [6, 6.07) is 2.04. The lowest BCUT2D eigenvalue weighted by molar-refractivity contribution is 0.151. The zero-order chi connectivity index (χ0) is 13.2. The zero-order valence-electron chi connectivity index (χ0n) is 11.0. The molecule has 0 radical (unpaired) electrons. The third-order valence-corrected chi connectivity index (χ3v) is 3.84. The van der Waals surface area contributed by atoms with Gasteiger partial charge in [-0.15, -0.1) is 0 Å². The molecule has 0 saturated carbocycles. The monoisotopic (exact) mass is 251 g/mol. The molecule has 0 aliphatic carbocycles. The summed E-state index contributed by atoms with van der Waals surface area (Å²) >= 11 is 0. The summed E-state index contributed by atoms with van der Waals surface area (Å²) < 4.78 is 1.82. The average Bonchev–Trinajstić information content (AvgIpc) is 2.77. The molecule has 0 spiro atoms. The third-order valence-electron chi connectivity index (χ3n) is 3.84. The summed E-state index contributed by atoms with van der Waals surface area (Å²) in [6.07, 6.45) is 3.78. The molecule has 3 N–H and O–H groups in total. The second-order valence-corrected chi connectivity index (χ2v) is 5.30. The van der Waals surface area contributed by atoms with Crippen molar-refractivity contribution in [3.8, 4) is 0 Å². The Morgan fingerprint density at radius 2 is 2.22 bits per heavy atom. The van der Waals surface area contributed by atoms with Gasteiger partial charge in [-0.2, -0.15) is 5.10 Å². The summed E-state index contributed by atoms with van der Waals surface area (Å²) in [5.74, 6) is 0.347. The number of amidine groups is 1. The van der Waals surface area contributed by atoms with Crippen molar-refractivity contribution in [2.75, 3.05) is 13.1 Å². The van der Waals surface area contributed by atoms with E-state index in [-0.39, 0.29) is 5.41 Å². The lowest BCUT2D eigenvalue weighted by atomic mass is 9.79. The van der Waals surface area contributed by atoms with Crippen molar-refractivity contribution in [3.63, 3.8) is 0 Å². The second-order valence-electron chi connectivity index (χ2n) is 5.30. The summed E-state index contributed by atoms with van der Waals surface area (Å²) in [5.41, 5.74) is 6.67. The van der Waals surface area contributed by atoms with Gasteiger partial charge in [-0.1, -0.05) is 12.1 Å². The Bertz CT molecular complexity index is 431. The molecule has 1 saturated heterocycles. The van der Waals surface area contributed by atoms with Gasteiger partial charge in [-0.05, 0) is 32.0 Å². The summed E-state index contributed by atoms with van der Waals surface area (Å²) in [7, 11) is 1.93. The molecular formula is C12H21N5O. The van der Waals surface area contributed by atoms with Crippen LogP contribution in [0.4, 0.5) is 0 Å². The molecule has 18 heavy (non-hydrogen) atoms. The molecule has 6 heteroatoms. The minimum atomic E-state index is -0.171. The van der Waals surface area contributed by atoms with Crippen LogP contribution in [-0.2, 0) is 13.6 Å². The number of nitrogens with zero attached hydrogens (tertiary/aromatic N) is 4. The maximum Gasteiger partial charge on any atom is 0.145 e. The Labute approximate surface area is 107 Å². The maximum absolute atomic E-state index is 8.79. The van der Waals surface area contributed by atoms with E-state index < -0.39 is 0 Å². The standard InChI is InChI=1S/C12H21N5O/c1-12(11(13)15-18)4-7-17(8-5-12)9-10-3-6-16(2)14-10/h3,6,18H,4-5,7-9H2,1-2H3,(H2,13,15). The first-order valence-electron chi connectivity index (χ1n) is 6.22. The van der Waals surface area contributed by atoms with Crippen LogP contribution in [0.1, 0.15) is 25.5 Å². The van der Waals surface area contributed by atoms with Gasteiger partial charge in [-0.3, -0.25) is 9.58 Å². The van der Waals surface area contributed by atoms with Crippen molar-refractivity contribution in [3.05, 3.63) is 18.0 Å². The molecule has 0 aromatic carbocycles. The predicted molar refractivity (Wildman–Crippen MR) is 69.2 cm³/mol. The van der Waals surface area contributed by atoms with Crippen LogP contribution in [0.3, 0.4) is 0 Å². The number of hydrogen-bond acceptors (Lipinski definition) is 4. The van der Waals surface area contributed by atoms with Gasteiger partial charge in [0, 0.05) is 25.2 Å². The first kappa shape index (κ1) is 12.9. The van der Waals surface area contributed by atoms with Crippen molar-refractivity contribution in [2.45, 2.75) is 26.3 Å². The molecule has 0 amide bonds. The molecule has 0 atom stereocenters. The van der Waals surface area contributed by atoms with Crippen LogP contribution in [0.2, 0.25) is 0 Å².